The van der Waals surface area contributed by atoms with Crippen molar-refractivity contribution in [2.75, 3.05) is 13.1 Å². The highest BCUT2D eigenvalue weighted by molar-refractivity contribution is 5.93. The number of aromatic nitrogens is 6. The van der Waals surface area contributed by atoms with Crippen molar-refractivity contribution < 1.29 is 9.32 Å². The summed E-state index contributed by atoms with van der Waals surface area (Å²) in [6, 6.07) is 1.62. The number of nitrogens with zero attached hydrogens (tertiary/aromatic N) is 7. The minimum Gasteiger partial charge on any atom is -0.354 e. The number of aryl methyl sites for hydroxylation is 2. The molecule has 136 valence electrons. The molecule has 0 N–H and O–H groups in total. The molecule has 0 aliphatic carbocycles. The van der Waals surface area contributed by atoms with Crippen molar-refractivity contribution >= 4 is 5.91 Å². The van der Waals surface area contributed by atoms with Crippen LogP contribution in [0.2, 0.25) is 0 Å². The fourth-order valence-electron chi connectivity index (χ4n) is 3.58. The van der Waals surface area contributed by atoms with Crippen LogP contribution in [0.15, 0.2) is 29.2 Å². The largest absolute Gasteiger partial charge is 0.354 e. The Labute approximate surface area is 150 Å². The second-order valence-corrected chi connectivity index (χ2v) is 7.53. The molecule has 1 aliphatic heterocycles. The zero-order valence-electron chi connectivity index (χ0n) is 15.2. The van der Waals surface area contributed by atoms with Crippen LogP contribution in [0.3, 0.4) is 0 Å². The van der Waals surface area contributed by atoms with E-state index in [1.807, 2.05) is 24.3 Å². The number of likely N-dealkylation sites (tertiary alicyclic amines) is 1. The van der Waals surface area contributed by atoms with Crippen molar-refractivity contribution in [2.24, 2.45) is 19.5 Å². The molecule has 1 unspecified atom stereocenters. The second-order valence-electron chi connectivity index (χ2n) is 7.53. The molecule has 0 radical (unpaired) electrons. The van der Waals surface area contributed by atoms with Crippen molar-refractivity contribution in [3.63, 3.8) is 0 Å². The molecule has 1 amide bonds. The number of carbonyl (C=O) groups excluding carboxylic acids is 1. The molecule has 3 aromatic heterocycles. The van der Waals surface area contributed by atoms with Crippen LogP contribution in [0.4, 0.5) is 0 Å². The first-order valence-electron chi connectivity index (χ1n) is 8.45. The van der Waals surface area contributed by atoms with Gasteiger partial charge in [-0.2, -0.15) is 5.10 Å². The monoisotopic (exact) mass is 355 g/mol. The summed E-state index contributed by atoms with van der Waals surface area (Å²) in [5, 5.41) is 16.0. The van der Waals surface area contributed by atoms with Gasteiger partial charge in [-0.15, -0.1) is 5.10 Å². The van der Waals surface area contributed by atoms with Crippen LogP contribution in [0.5, 0.6) is 0 Å². The van der Waals surface area contributed by atoms with Crippen LogP contribution < -0.4 is 0 Å². The van der Waals surface area contributed by atoms with E-state index in [1.54, 1.807) is 28.7 Å². The lowest BCUT2D eigenvalue weighted by Gasteiger charge is -2.24. The number of amides is 1. The summed E-state index contributed by atoms with van der Waals surface area (Å²) in [7, 11) is 3.67. The molecule has 0 saturated carbocycles. The van der Waals surface area contributed by atoms with E-state index >= 15 is 0 Å². The number of carbonyl (C=O) groups is 1. The smallest absolute Gasteiger partial charge is 0.276 e. The molecule has 1 atom stereocenters. The normalized spacial score (nSPS) is 19.2. The average molecular weight is 355 g/mol. The highest BCUT2D eigenvalue weighted by Crippen LogP contribution is 2.42. The third-order valence-electron chi connectivity index (χ3n) is 4.94. The molecule has 4 heterocycles. The fraction of sp³-hybridized carbons (Fsp3) is 0.471. The van der Waals surface area contributed by atoms with Gasteiger partial charge in [0, 0.05) is 45.4 Å². The van der Waals surface area contributed by atoms with Gasteiger partial charge >= 0.3 is 0 Å². The van der Waals surface area contributed by atoms with Crippen LogP contribution in [0, 0.1) is 5.41 Å². The summed E-state index contributed by atoms with van der Waals surface area (Å²) < 4.78 is 8.65. The molecule has 0 aromatic carbocycles. The maximum atomic E-state index is 12.9. The van der Waals surface area contributed by atoms with E-state index in [0.717, 1.165) is 5.56 Å². The Kier molecular flexibility index (Phi) is 3.67. The Morgan fingerprint density at radius 3 is 2.73 bits per heavy atom. The van der Waals surface area contributed by atoms with Gasteiger partial charge in [-0.3, -0.25) is 14.2 Å². The van der Waals surface area contributed by atoms with E-state index in [0.29, 0.717) is 24.5 Å². The van der Waals surface area contributed by atoms with Gasteiger partial charge < -0.3 is 9.42 Å². The highest BCUT2D eigenvalue weighted by atomic mass is 16.5. The van der Waals surface area contributed by atoms with Gasteiger partial charge in [0.05, 0.1) is 12.4 Å². The van der Waals surface area contributed by atoms with Gasteiger partial charge in [-0.1, -0.05) is 24.2 Å². The van der Waals surface area contributed by atoms with Crippen LogP contribution in [0.25, 0.3) is 11.5 Å². The summed E-state index contributed by atoms with van der Waals surface area (Å²) >= 11 is 0. The van der Waals surface area contributed by atoms with E-state index in [9.17, 15) is 4.79 Å². The topological polar surface area (TPSA) is 94.9 Å². The molecular formula is C17H21N7O2. The van der Waals surface area contributed by atoms with Crippen LogP contribution in [-0.2, 0) is 14.1 Å². The van der Waals surface area contributed by atoms with Crippen molar-refractivity contribution in [3.8, 4) is 11.5 Å². The molecule has 1 saturated heterocycles. The maximum absolute atomic E-state index is 12.9. The Bertz CT molecular complexity index is 952. The lowest BCUT2D eigenvalue weighted by molar-refractivity contribution is 0.0767. The maximum Gasteiger partial charge on any atom is 0.276 e. The first-order valence-corrected chi connectivity index (χ1v) is 8.45. The third-order valence-corrected chi connectivity index (χ3v) is 4.94. The zero-order chi connectivity index (χ0) is 18.5. The molecule has 4 rings (SSSR count). The van der Waals surface area contributed by atoms with Gasteiger partial charge in [0.25, 0.3) is 5.91 Å². The summed E-state index contributed by atoms with van der Waals surface area (Å²) in [5.74, 6) is 0.526. The minimum atomic E-state index is -0.136. The summed E-state index contributed by atoms with van der Waals surface area (Å²) in [4.78, 5) is 14.7. The van der Waals surface area contributed by atoms with Crippen molar-refractivity contribution in [1.82, 2.24) is 34.8 Å². The predicted octanol–water partition coefficient (Wildman–Crippen LogP) is 1.47. The number of rotatable bonds is 3. The molecule has 9 nitrogen and oxygen atoms in total. The molecular weight excluding hydrogens is 334 g/mol. The standard InChI is InChI=1S/C17H21N7O2/c1-17(2)10-24(8-12(17)11-6-18-22(3)7-11)16(25)13-5-15(26-20-13)14-9-23(4)21-19-14/h5-7,9,12H,8,10H2,1-4H3. The Balaban J connectivity index is 1.55. The highest BCUT2D eigenvalue weighted by Gasteiger charge is 2.43. The number of hydrogen-bond acceptors (Lipinski definition) is 6. The minimum absolute atomic E-state index is 0.0455. The van der Waals surface area contributed by atoms with Crippen LogP contribution in [-0.4, -0.2) is 53.8 Å². The number of hydrogen-bond donors (Lipinski definition) is 0. The SMILES string of the molecule is Cn1cc(C2CN(C(=O)c3cc(-c4cn(C)nn4)on3)CC2(C)C)cn1. The van der Waals surface area contributed by atoms with E-state index in [4.69, 9.17) is 4.52 Å². The molecule has 9 heteroatoms. The van der Waals surface area contributed by atoms with Crippen LogP contribution in [0.1, 0.15) is 35.8 Å². The van der Waals surface area contributed by atoms with E-state index < -0.39 is 0 Å². The lowest BCUT2D eigenvalue weighted by Crippen LogP contribution is -2.30. The Morgan fingerprint density at radius 2 is 2.08 bits per heavy atom. The quantitative estimate of drug-likeness (QED) is 0.706. The summed E-state index contributed by atoms with van der Waals surface area (Å²) in [6.07, 6.45) is 5.61. The van der Waals surface area contributed by atoms with Gasteiger partial charge in [-0.05, 0) is 11.0 Å². The first kappa shape index (κ1) is 16.5. The molecule has 1 aliphatic rings. The van der Waals surface area contributed by atoms with Crippen molar-refractivity contribution in [2.45, 2.75) is 19.8 Å². The molecule has 3 aromatic rings. The van der Waals surface area contributed by atoms with Gasteiger partial charge in [0.2, 0.25) is 0 Å². The van der Waals surface area contributed by atoms with Crippen LogP contribution >= 0.6 is 0 Å². The zero-order valence-corrected chi connectivity index (χ0v) is 15.2. The van der Waals surface area contributed by atoms with Gasteiger partial charge in [0.15, 0.2) is 17.1 Å². The fourth-order valence-corrected chi connectivity index (χ4v) is 3.58. The Hall–Kier alpha value is -2.97. The van der Waals surface area contributed by atoms with Gasteiger partial charge in [-0.25, -0.2) is 0 Å². The first-order chi connectivity index (χ1) is 12.3. The Morgan fingerprint density at radius 1 is 1.27 bits per heavy atom. The van der Waals surface area contributed by atoms with E-state index in [1.165, 1.54) is 0 Å². The predicted molar refractivity (Wildman–Crippen MR) is 92.1 cm³/mol. The lowest BCUT2D eigenvalue weighted by atomic mass is 9.79. The van der Waals surface area contributed by atoms with E-state index in [-0.39, 0.29) is 22.9 Å². The average Bonchev–Trinajstić information content (AvgIpc) is 3.33. The third kappa shape index (κ3) is 2.79. The molecule has 26 heavy (non-hydrogen) atoms. The van der Waals surface area contributed by atoms with Crippen molar-refractivity contribution in [1.29, 1.82) is 0 Å². The molecule has 0 spiro atoms. The van der Waals surface area contributed by atoms with E-state index in [2.05, 4.69) is 34.4 Å². The van der Waals surface area contributed by atoms with Crippen molar-refractivity contribution in [3.05, 3.63) is 35.9 Å². The molecule has 1 fully saturated rings. The molecule has 0 bridgehead atoms. The second kappa shape index (κ2) is 5.79. The summed E-state index contributed by atoms with van der Waals surface area (Å²) in [5.41, 5.74) is 1.94. The summed E-state index contributed by atoms with van der Waals surface area (Å²) in [6.45, 7) is 5.63. The van der Waals surface area contributed by atoms with Gasteiger partial charge in [0.1, 0.15) is 0 Å².